The summed E-state index contributed by atoms with van der Waals surface area (Å²) in [6.45, 7) is 2.06. The molecule has 0 saturated heterocycles. The molecule has 1 aromatic carbocycles. The Bertz CT molecular complexity index is 225. The molecule has 0 aromatic heterocycles. The molecule has 0 amide bonds. The zero-order valence-electron chi connectivity index (χ0n) is 6.87. The van der Waals surface area contributed by atoms with Gasteiger partial charge in [-0.3, -0.25) is 0 Å². The van der Waals surface area contributed by atoms with Crippen LogP contribution >= 0.6 is 27.9 Å². The van der Waals surface area contributed by atoms with Gasteiger partial charge in [0.25, 0.3) is 0 Å². The molecule has 1 rings (SSSR count). The van der Waals surface area contributed by atoms with Crippen molar-refractivity contribution in [3.05, 3.63) is 35.9 Å². The fourth-order valence-corrected chi connectivity index (χ4v) is 1.24. The Balaban J connectivity index is 2.53. The monoisotopic (exact) mass is 247 g/mol. The Labute approximate surface area is 86.8 Å². The molecule has 0 heterocycles. The summed E-state index contributed by atoms with van der Waals surface area (Å²) in [6, 6.07) is 10.6. The number of rotatable bonds is 3. The predicted molar refractivity (Wildman–Crippen MR) is 56.2 cm³/mol. The van der Waals surface area contributed by atoms with Crippen molar-refractivity contribution in [1.29, 1.82) is 0 Å². The van der Waals surface area contributed by atoms with Gasteiger partial charge in [-0.05, 0) is 30.7 Å². The van der Waals surface area contributed by atoms with Gasteiger partial charge in [0.2, 0.25) is 0 Å². The molecule has 0 radical (unpaired) electrons. The zero-order valence-corrected chi connectivity index (χ0v) is 9.22. The van der Waals surface area contributed by atoms with Crippen LogP contribution in [0.4, 0.5) is 0 Å². The third-order valence-electron chi connectivity index (χ3n) is 1.71. The van der Waals surface area contributed by atoms with Crippen molar-refractivity contribution in [1.82, 2.24) is 3.45 Å². The predicted octanol–water partition coefficient (Wildman–Crippen LogP) is 3.38. The minimum atomic E-state index is 0.300. The van der Waals surface area contributed by atoms with Gasteiger partial charge in [0, 0.05) is 22.2 Å². The van der Waals surface area contributed by atoms with Gasteiger partial charge < -0.3 is 0 Å². The number of benzene rings is 1. The fourth-order valence-electron chi connectivity index (χ4n) is 1.02. The van der Waals surface area contributed by atoms with Gasteiger partial charge in [-0.1, -0.05) is 30.3 Å². The first kappa shape index (κ1) is 10.0. The minimum Gasteiger partial charge on any atom is -0.152 e. The van der Waals surface area contributed by atoms with E-state index in [1.165, 1.54) is 9.01 Å². The van der Waals surface area contributed by atoms with Crippen LogP contribution in [0.3, 0.4) is 0 Å². The molecule has 1 nitrogen and oxygen atoms in total. The smallest absolute Gasteiger partial charge is 0.0380 e. The van der Waals surface area contributed by atoms with E-state index in [1.54, 1.807) is 0 Å². The van der Waals surface area contributed by atoms with Crippen LogP contribution in [0, 0.1) is 0 Å². The molecule has 0 N–H and O–H groups in total. The Morgan fingerprint density at radius 1 is 1.42 bits per heavy atom. The second kappa shape index (κ2) is 4.85. The summed E-state index contributed by atoms with van der Waals surface area (Å²) in [6.07, 6.45) is 0.954. The van der Waals surface area contributed by atoms with Crippen molar-refractivity contribution in [3.8, 4) is 0 Å². The summed E-state index contributed by atoms with van der Waals surface area (Å²) < 4.78 is 1.53. The maximum atomic E-state index is 5.73. The molecule has 12 heavy (non-hydrogen) atoms. The van der Waals surface area contributed by atoms with Crippen LogP contribution in [0.25, 0.3) is 0 Å². The first-order valence-corrected chi connectivity index (χ1v) is 4.89. The highest BCUT2D eigenvalue weighted by molar-refractivity contribution is 9.08. The van der Waals surface area contributed by atoms with Crippen molar-refractivity contribution in [2.75, 3.05) is 0 Å². The summed E-state index contributed by atoms with van der Waals surface area (Å²) in [7, 11) is 0. The zero-order chi connectivity index (χ0) is 8.97. The third-order valence-corrected chi connectivity index (χ3v) is 2.74. The first-order chi connectivity index (χ1) is 5.70. The lowest BCUT2D eigenvalue weighted by Crippen LogP contribution is -2.16. The number of halogens is 2. The van der Waals surface area contributed by atoms with Gasteiger partial charge in [0.1, 0.15) is 0 Å². The van der Waals surface area contributed by atoms with Crippen LogP contribution in [0.1, 0.15) is 12.5 Å². The van der Waals surface area contributed by atoms with Crippen molar-refractivity contribution in [3.63, 3.8) is 0 Å². The van der Waals surface area contributed by atoms with E-state index in [0.29, 0.717) is 6.04 Å². The molecule has 0 fully saturated rings. The van der Waals surface area contributed by atoms with E-state index in [4.69, 9.17) is 11.8 Å². The van der Waals surface area contributed by atoms with E-state index >= 15 is 0 Å². The van der Waals surface area contributed by atoms with Gasteiger partial charge in [-0.25, -0.2) is 0 Å². The van der Waals surface area contributed by atoms with E-state index in [2.05, 4.69) is 35.2 Å². The molecule has 1 atom stereocenters. The van der Waals surface area contributed by atoms with Crippen molar-refractivity contribution >= 4 is 27.9 Å². The molecule has 1 unspecified atom stereocenters. The first-order valence-electron chi connectivity index (χ1n) is 3.85. The third kappa shape index (κ3) is 3.13. The lowest BCUT2D eigenvalue weighted by atomic mass is 10.1. The van der Waals surface area contributed by atoms with Crippen molar-refractivity contribution in [2.24, 2.45) is 0 Å². The molecule has 0 aliphatic rings. The summed E-state index contributed by atoms with van der Waals surface area (Å²) in [5.41, 5.74) is 1.30. The quantitative estimate of drug-likeness (QED) is 0.741. The summed E-state index contributed by atoms with van der Waals surface area (Å²) >= 11 is 8.92. The van der Waals surface area contributed by atoms with E-state index in [9.17, 15) is 0 Å². The van der Waals surface area contributed by atoms with E-state index in [-0.39, 0.29) is 0 Å². The average Bonchev–Trinajstić information content (AvgIpc) is 2.06. The number of hydrogen-bond donors (Lipinski definition) is 0. The highest BCUT2D eigenvalue weighted by atomic mass is 79.9. The number of hydrogen-bond acceptors (Lipinski definition) is 1. The minimum absolute atomic E-state index is 0.300. The largest absolute Gasteiger partial charge is 0.152 e. The van der Waals surface area contributed by atoms with E-state index in [0.717, 1.165) is 6.42 Å². The molecule has 0 aliphatic carbocycles. The summed E-state index contributed by atoms with van der Waals surface area (Å²) in [5, 5.41) is 0. The second-order valence-corrected chi connectivity index (χ2v) is 4.33. The highest BCUT2D eigenvalue weighted by Gasteiger charge is 2.07. The Kier molecular flexibility index (Phi) is 4.06. The van der Waals surface area contributed by atoms with Gasteiger partial charge in [-0.2, -0.15) is 3.45 Å². The van der Waals surface area contributed by atoms with Crippen LogP contribution < -0.4 is 0 Å². The Morgan fingerprint density at radius 2 is 2.00 bits per heavy atom. The van der Waals surface area contributed by atoms with Crippen molar-refractivity contribution in [2.45, 2.75) is 19.4 Å². The molecular weight excluding hydrogens is 237 g/mol. The van der Waals surface area contributed by atoms with Crippen LogP contribution in [-0.4, -0.2) is 9.49 Å². The van der Waals surface area contributed by atoms with Crippen LogP contribution in [0.5, 0.6) is 0 Å². The molecule has 0 aliphatic heterocycles. The molecular formula is C9H11BrClN. The van der Waals surface area contributed by atoms with Crippen molar-refractivity contribution < 1.29 is 0 Å². The lowest BCUT2D eigenvalue weighted by Gasteiger charge is -2.14. The lowest BCUT2D eigenvalue weighted by molar-refractivity contribution is 0.549. The van der Waals surface area contributed by atoms with Crippen LogP contribution in [0.2, 0.25) is 0 Å². The average molecular weight is 249 g/mol. The maximum absolute atomic E-state index is 5.73. The molecule has 3 heteroatoms. The highest BCUT2D eigenvalue weighted by Crippen LogP contribution is 2.13. The molecule has 1 aromatic rings. The van der Waals surface area contributed by atoms with Crippen LogP contribution in [0.15, 0.2) is 30.3 Å². The number of nitrogens with zero attached hydrogens (tertiary/aromatic N) is 1. The Hall–Kier alpha value is -0.0500. The van der Waals surface area contributed by atoms with E-state index < -0.39 is 0 Å². The normalized spacial score (nSPS) is 13.3. The van der Waals surface area contributed by atoms with Gasteiger partial charge in [0.15, 0.2) is 0 Å². The Morgan fingerprint density at radius 3 is 2.50 bits per heavy atom. The van der Waals surface area contributed by atoms with Gasteiger partial charge in [0.05, 0.1) is 0 Å². The molecule has 66 valence electrons. The van der Waals surface area contributed by atoms with Crippen LogP contribution in [-0.2, 0) is 6.42 Å². The maximum Gasteiger partial charge on any atom is 0.0380 e. The second-order valence-electron chi connectivity index (χ2n) is 2.80. The molecule has 0 bridgehead atoms. The summed E-state index contributed by atoms with van der Waals surface area (Å²) in [4.78, 5) is 0. The SMILES string of the molecule is CC(Cc1ccccc1)N(Cl)Br. The van der Waals surface area contributed by atoms with E-state index in [1.807, 2.05) is 18.2 Å². The standard InChI is InChI=1S/C9H11BrClN/c1-8(12(10)11)7-9-5-3-2-4-6-9/h2-6,8H,7H2,1H3. The van der Waals surface area contributed by atoms with Gasteiger partial charge in [-0.15, -0.1) is 0 Å². The topological polar surface area (TPSA) is 3.24 Å². The molecule has 0 spiro atoms. The molecule has 0 saturated carbocycles. The summed E-state index contributed by atoms with van der Waals surface area (Å²) in [5.74, 6) is 0. The fraction of sp³-hybridized carbons (Fsp3) is 0.333. The van der Waals surface area contributed by atoms with Gasteiger partial charge >= 0.3 is 0 Å².